The number of hydrogen-bond donors (Lipinski definition) is 1. The number of aryl methyl sites for hydroxylation is 1. The second-order valence-electron chi connectivity index (χ2n) is 7.27. The maximum atomic E-state index is 13.3. The molecule has 28 heavy (non-hydrogen) atoms. The molecule has 1 aromatic rings. The smallest absolute Gasteiger partial charge is 0.306 e. The van der Waals surface area contributed by atoms with E-state index >= 15 is 0 Å². The van der Waals surface area contributed by atoms with Gasteiger partial charge in [0.25, 0.3) is 0 Å². The Bertz CT molecular complexity index is 907. The van der Waals surface area contributed by atoms with Crippen molar-refractivity contribution in [2.75, 3.05) is 14.2 Å². The molecule has 6 heteroatoms. The summed E-state index contributed by atoms with van der Waals surface area (Å²) in [5.41, 5.74) is 2.57. The van der Waals surface area contributed by atoms with Crippen LogP contribution in [0.1, 0.15) is 37.3 Å². The van der Waals surface area contributed by atoms with Gasteiger partial charge in [0, 0.05) is 17.1 Å². The predicted molar refractivity (Wildman–Crippen MR) is 102 cm³/mol. The third-order valence-electron chi connectivity index (χ3n) is 5.92. The van der Waals surface area contributed by atoms with E-state index in [-0.39, 0.29) is 23.0 Å². The van der Waals surface area contributed by atoms with Crippen LogP contribution in [-0.4, -0.2) is 36.9 Å². The lowest BCUT2D eigenvalue weighted by Crippen LogP contribution is -2.36. The average Bonchev–Trinajstić information content (AvgIpc) is 2.69. The van der Waals surface area contributed by atoms with Crippen molar-refractivity contribution < 1.29 is 29.0 Å². The summed E-state index contributed by atoms with van der Waals surface area (Å²) in [6.45, 7) is 3.26. The topological polar surface area (TPSA) is 89.9 Å². The molecule has 0 saturated heterocycles. The Labute approximate surface area is 163 Å². The SMILES string of the molecule is COC1=C(OC)C(=O)C(C2c3ccccc3CCC2C(C)C(=O)O)=C(C)C1=O. The van der Waals surface area contributed by atoms with Gasteiger partial charge in [-0.15, -0.1) is 0 Å². The Kier molecular flexibility index (Phi) is 5.40. The molecule has 0 aliphatic heterocycles. The van der Waals surface area contributed by atoms with Crippen molar-refractivity contribution in [3.63, 3.8) is 0 Å². The number of methoxy groups -OCH3 is 2. The van der Waals surface area contributed by atoms with Gasteiger partial charge in [0.15, 0.2) is 0 Å². The summed E-state index contributed by atoms with van der Waals surface area (Å²) in [7, 11) is 2.65. The lowest BCUT2D eigenvalue weighted by Gasteiger charge is -2.38. The predicted octanol–water partition coefficient (Wildman–Crippen LogP) is 3.03. The molecular formula is C22H24O6. The number of allylic oxidation sites excluding steroid dienone is 2. The Morgan fingerprint density at radius 1 is 1.11 bits per heavy atom. The molecule has 2 aliphatic rings. The van der Waals surface area contributed by atoms with Crippen molar-refractivity contribution >= 4 is 17.5 Å². The summed E-state index contributed by atoms with van der Waals surface area (Å²) >= 11 is 0. The van der Waals surface area contributed by atoms with Gasteiger partial charge in [-0.05, 0) is 36.8 Å². The van der Waals surface area contributed by atoms with Gasteiger partial charge in [-0.3, -0.25) is 14.4 Å². The molecule has 0 saturated carbocycles. The number of aliphatic carboxylic acids is 1. The number of ketones is 2. The fourth-order valence-electron chi connectivity index (χ4n) is 4.41. The highest BCUT2D eigenvalue weighted by molar-refractivity contribution is 6.24. The molecule has 0 amide bonds. The monoisotopic (exact) mass is 384 g/mol. The Morgan fingerprint density at radius 3 is 2.32 bits per heavy atom. The zero-order valence-corrected chi connectivity index (χ0v) is 16.4. The Morgan fingerprint density at radius 2 is 1.71 bits per heavy atom. The molecule has 1 aromatic carbocycles. The molecule has 3 atom stereocenters. The maximum absolute atomic E-state index is 13.3. The average molecular weight is 384 g/mol. The number of carbonyl (C=O) groups is 3. The van der Waals surface area contributed by atoms with Crippen LogP contribution in [0.5, 0.6) is 0 Å². The first-order valence-electron chi connectivity index (χ1n) is 9.26. The molecule has 3 rings (SSSR count). The summed E-state index contributed by atoms with van der Waals surface area (Å²) in [4.78, 5) is 37.9. The summed E-state index contributed by atoms with van der Waals surface area (Å²) < 4.78 is 10.3. The van der Waals surface area contributed by atoms with E-state index in [1.807, 2.05) is 24.3 Å². The van der Waals surface area contributed by atoms with Gasteiger partial charge in [0.1, 0.15) is 0 Å². The van der Waals surface area contributed by atoms with Gasteiger partial charge >= 0.3 is 5.97 Å². The molecule has 0 heterocycles. The van der Waals surface area contributed by atoms with Crippen LogP contribution >= 0.6 is 0 Å². The number of carboxylic acid groups (broad SMARTS) is 1. The van der Waals surface area contributed by atoms with Crippen molar-refractivity contribution in [2.24, 2.45) is 11.8 Å². The van der Waals surface area contributed by atoms with Gasteiger partial charge < -0.3 is 14.6 Å². The van der Waals surface area contributed by atoms with Gasteiger partial charge in [-0.25, -0.2) is 0 Å². The van der Waals surface area contributed by atoms with Crippen molar-refractivity contribution in [3.8, 4) is 0 Å². The largest absolute Gasteiger partial charge is 0.489 e. The molecule has 3 unspecified atom stereocenters. The summed E-state index contributed by atoms with van der Waals surface area (Å²) in [5.74, 6) is -3.44. The third-order valence-corrected chi connectivity index (χ3v) is 5.92. The van der Waals surface area contributed by atoms with Crippen LogP contribution in [0.4, 0.5) is 0 Å². The van der Waals surface area contributed by atoms with E-state index in [1.165, 1.54) is 14.2 Å². The minimum absolute atomic E-state index is 0.110. The minimum Gasteiger partial charge on any atom is -0.489 e. The molecule has 0 radical (unpaired) electrons. The van der Waals surface area contributed by atoms with Crippen LogP contribution in [0.25, 0.3) is 0 Å². The van der Waals surface area contributed by atoms with Gasteiger partial charge in [0.05, 0.1) is 20.1 Å². The van der Waals surface area contributed by atoms with Gasteiger partial charge in [0.2, 0.25) is 23.1 Å². The van der Waals surface area contributed by atoms with Crippen molar-refractivity contribution in [1.82, 2.24) is 0 Å². The van der Waals surface area contributed by atoms with E-state index in [0.29, 0.717) is 12.0 Å². The Balaban J connectivity index is 2.22. The number of benzene rings is 1. The van der Waals surface area contributed by atoms with E-state index in [2.05, 4.69) is 0 Å². The minimum atomic E-state index is -0.915. The highest BCUT2D eigenvalue weighted by Crippen LogP contribution is 2.47. The fraction of sp³-hybridized carbons (Fsp3) is 0.409. The van der Waals surface area contributed by atoms with Crippen molar-refractivity contribution in [2.45, 2.75) is 32.6 Å². The Hall–Kier alpha value is -2.89. The summed E-state index contributed by atoms with van der Waals surface area (Å²) in [5, 5.41) is 9.64. The second-order valence-corrected chi connectivity index (χ2v) is 7.27. The molecule has 148 valence electrons. The molecule has 0 aromatic heterocycles. The van der Waals surface area contributed by atoms with Crippen LogP contribution in [0.15, 0.2) is 46.9 Å². The van der Waals surface area contributed by atoms with Crippen LogP contribution in [0.3, 0.4) is 0 Å². The maximum Gasteiger partial charge on any atom is 0.306 e. The molecule has 6 nitrogen and oxygen atoms in total. The van der Waals surface area contributed by atoms with Gasteiger partial charge in [-0.1, -0.05) is 31.2 Å². The van der Waals surface area contributed by atoms with E-state index in [9.17, 15) is 19.5 Å². The summed E-state index contributed by atoms with van der Waals surface area (Å²) in [6, 6.07) is 7.71. The van der Waals surface area contributed by atoms with Crippen molar-refractivity contribution in [1.29, 1.82) is 0 Å². The third kappa shape index (κ3) is 3.03. The molecule has 0 spiro atoms. The second kappa shape index (κ2) is 7.62. The van der Waals surface area contributed by atoms with Crippen LogP contribution in [-0.2, 0) is 30.3 Å². The highest BCUT2D eigenvalue weighted by Gasteiger charge is 2.45. The van der Waals surface area contributed by atoms with Crippen LogP contribution in [0.2, 0.25) is 0 Å². The zero-order valence-electron chi connectivity index (χ0n) is 16.4. The molecule has 1 N–H and O–H groups in total. The normalized spacial score (nSPS) is 23.4. The van der Waals surface area contributed by atoms with E-state index in [1.54, 1.807) is 13.8 Å². The number of carbonyl (C=O) groups excluding carboxylic acids is 2. The lowest BCUT2D eigenvalue weighted by molar-refractivity contribution is -0.143. The quantitative estimate of drug-likeness (QED) is 0.785. The van der Waals surface area contributed by atoms with Gasteiger partial charge in [-0.2, -0.15) is 0 Å². The highest BCUT2D eigenvalue weighted by atomic mass is 16.5. The first kappa shape index (κ1) is 19.9. The van der Waals surface area contributed by atoms with Crippen LogP contribution < -0.4 is 0 Å². The molecule has 2 aliphatic carbocycles. The number of fused-ring (bicyclic) bond motifs is 1. The number of hydrogen-bond acceptors (Lipinski definition) is 5. The number of ether oxygens (including phenoxy) is 2. The number of Topliss-reactive ketones (excluding diaryl/α,β-unsaturated/α-hetero) is 2. The van der Waals surface area contributed by atoms with E-state index in [4.69, 9.17) is 9.47 Å². The standard InChI is InChI=1S/C22H24O6/c1-11(22(25)26)14-10-9-13-7-5-6-8-15(13)17(14)16-12(2)18(23)20(27-3)21(28-4)19(16)24/h5-8,11,14,17H,9-10H2,1-4H3,(H,25,26). The lowest BCUT2D eigenvalue weighted by atomic mass is 9.64. The summed E-state index contributed by atoms with van der Waals surface area (Å²) in [6.07, 6.45) is 1.36. The first-order chi connectivity index (χ1) is 13.3. The molecule has 0 bridgehead atoms. The van der Waals surface area contributed by atoms with Crippen LogP contribution in [0, 0.1) is 11.8 Å². The first-order valence-corrected chi connectivity index (χ1v) is 9.26. The fourth-order valence-corrected chi connectivity index (χ4v) is 4.41. The van der Waals surface area contributed by atoms with Crippen molar-refractivity contribution in [3.05, 3.63) is 58.1 Å². The molecule has 0 fully saturated rings. The van der Waals surface area contributed by atoms with E-state index < -0.39 is 29.4 Å². The number of rotatable bonds is 5. The number of carboxylic acids is 1. The van der Waals surface area contributed by atoms with E-state index in [0.717, 1.165) is 17.5 Å². The zero-order chi connectivity index (χ0) is 20.6. The molecular weight excluding hydrogens is 360 g/mol.